The molecule has 1 aromatic heterocycles. The zero-order valence-corrected chi connectivity index (χ0v) is 22.5. The SMILES string of the molecule is CC(C)(C)C(=O)OCOP(C)(=O)C(C(=O)N/C=C/c1cc(F)cc(F)c1)c1csc2ccc(Cl)cc12. The molecule has 1 amide bonds. The third-order valence-electron chi connectivity index (χ3n) is 5.08. The molecule has 36 heavy (non-hydrogen) atoms. The lowest BCUT2D eigenvalue weighted by Crippen LogP contribution is -2.27. The number of hydrogen-bond donors (Lipinski definition) is 1. The molecule has 0 bridgehead atoms. The predicted octanol–water partition coefficient (Wildman–Crippen LogP) is 7.13. The Balaban J connectivity index is 1.90. The minimum Gasteiger partial charge on any atom is -0.438 e. The van der Waals surface area contributed by atoms with E-state index in [0.717, 1.165) is 22.9 Å². The van der Waals surface area contributed by atoms with Crippen LogP contribution < -0.4 is 5.32 Å². The Bertz CT molecular complexity index is 1350. The minimum atomic E-state index is -3.78. The number of ether oxygens (including phenoxy) is 1. The Morgan fingerprint density at radius 1 is 1.17 bits per heavy atom. The van der Waals surface area contributed by atoms with Gasteiger partial charge in [-0.05, 0) is 79.1 Å². The first kappa shape index (κ1) is 28.0. The highest BCUT2D eigenvalue weighted by atomic mass is 35.5. The molecule has 3 rings (SSSR count). The van der Waals surface area contributed by atoms with Crippen molar-refractivity contribution in [2.24, 2.45) is 5.41 Å². The van der Waals surface area contributed by atoms with Crippen molar-refractivity contribution in [1.82, 2.24) is 5.32 Å². The second-order valence-corrected chi connectivity index (χ2v) is 13.1. The molecule has 0 saturated heterocycles. The molecule has 0 aliphatic carbocycles. The number of nitrogens with one attached hydrogen (secondary N) is 1. The molecule has 2 aromatic carbocycles. The fourth-order valence-corrected chi connectivity index (χ4v) is 6.16. The molecule has 0 fully saturated rings. The molecule has 0 saturated carbocycles. The zero-order chi connectivity index (χ0) is 26.7. The van der Waals surface area contributed by atoms with Gasteiger partial charge in [0.15, 0.2) is 6.79 Å². The van der Waals surface area contributed by atoms with Gasteiger partial charge in [-0.15, -0.1) is 11.3 Å². The molecule has 0 radical (unpaired) electrons. The Kier molecular flexibility index (Phi) is 8.72. The third-order valence-corrected chi connectivity index (χ3v) is 8.36. The van der Waals surface area contributed by atoms with E-state index < -0.39 is 48.7 Å². The summed E-state index contributed by atoms with van der Waals surface area (Å²) in [7, 11) is -3.78. The van der Waals surface area contributed by atoms with Crippen LogP contribution in [0.5, 0.6) is 0 Å². The van der Waals surface area contributed by atoms with Gasteiger partial charge in [-0.1, -0.05) is 11.6 Å². The molecule has 11 heteroatoms. The largest absolute Gasteiger partial charge is 0.438 e. The minimum absolute atomic E-state index is 0.183. The molecule has 1 N–H and O–H groups in total. The monoisotopic (exact) mass is 555 g/mol. The molecule has 0 aliphatic heterocycles. The van der Waals surface area contributed by atoms with Crippen molar-refractivity contribution in [1.29, 1.82) is 0 Å². The van der Waals surface area contributed by atoms with Crippen molar-refractivity contribution < 1.29 is 32.2 Å². The smallest absolute Gasteiger partial charge is 0.313 e. The maximum atomic E-state index is 13.7. The van der Waals surface area contributed by atoms with Gasteiger partial charge >= 0.3 is 5.97 Å². The van der Waals surface area contributed by atoms with E-state index in [-0.39, 0.29) is 5.56 Å². The molecule has 0 spiro atoms. The second-order valence-electron chi connectivity index (χ2n) is 9.12. The summed E-state index contributed by atoms with van der Waals surface area (Å²) >= 11 is 7.50. The number of esters is 1. The highest BCUT2D eigenvalue weighted by molar-refractivity contribution is 7.59. The van der Waals surface area contributed by atoms with Crippen LogP contribution in [-0.4, -0.2) is 25.3 Å². The van der Waals surface area contributed by atoms with E-state index in [1.165, 1.54) is 30.3 Å². The quantitative estimate of drug-likeness (QED) is 0.182. The van der Waals surface area contributed by atoms with Crippen LogP contribution in [0.15, 0.2) is 48.0 Å². The Morgan fingerprint density at radius 2 is 1.83 bits per heavy atom. The van der Waals surface area contributed by atoms with Gasteiger partial charge in [0.05, 0.1) is 5.41 Å². The van der Waals surface area contributed by atoms with Crippen molar-refractivity contribution in [3.63, 3.8) is 0 Å². The Morgan fingerprint density at radius 3 is 2.47 bits per heavy atom. The number of halogens is 3. The number of benzene rings is 2. The van der Waals surface area contributed by atoms with Crippen LogP contribution in [0, 0.1) is 17.0 Å². The lowest BCUT2D eigenvalue weighted by molar-refractivity contribution is -0.159. The van der Waals surface area contributed by atoms with Gasteiger partial charge < -0.3 is 10.1 Å². The van der Waals surface area contributed by atoms with E-state index in [1.54, 1.807) is 44.4 Å². The van der Waals surface area contributed by atoms with Crippen LogP contribution in [0.2, 0.25) is 5.02 Å². The number of rotatable bonds is 8. The van der Waals surface area contributed by atoms with Crippen LogP contribution >= 0.6 is 30.3 Å². The highest BCUT2D eigenvalue weighted by Gasteiger charge is 2.39. The lowest BCUT2D eigenvalue weighted by atomic mass is 9.98. The number of thiophene rings is 1. The molecule has 0 aliphatic rings. The first-order valence-corrected chi connectivity index (χ1v) is 14.2. The lowest BCUT2D eigenvalue weighted by Gasteiger charge is -2.24. The van der Waals surface area contributed by atoms with E-state index in [4.69, 9.17) is 20.9 Å². The van der Waals surface area contributed by atoms with E-state index >= 15 is 0 Å². The average molecular weight is 556 g/mol. The van der Waals surface area contributed by atoms with E-state index in [1.807, 2.05) is 0 Å². The van der Waals surface area contributed by atoms with Crippen LogP contribution in [0.4, 0.5) is 8.78 Å². The number of carbonyl (C=O) groups is 2. The predicted molar refractivity (Wildman–Crippen MR) is 138 cm³/mol. The Hall–Kier alpha value is -2.58. The molecule has 3 aromatic rings. The summed E-state index contributed by atoms with van der Waals surface area (Å²) in [4.78, 5) is 25.4. The molecular weight excluding hydrogens is 531 g/mol. The molecule has 6 nitrogen and oxygen atoms in total. The fourth-order valence-electron chi connectivity index (χ4n) is 3.29. The van der Waals surface area contributed by atoms with Crippen LogP contribution in [0.1, 0.15) is 37.6 Å². The fraction of sp³-hybridized carbons (Fsp3) is 0.280. The molecular formula is C25H25ClF2NO5PS. The Labute approximate surface area is 216 Å². The van der Waals surface area contributed by atoms with Crippen molar-refractivity contribution in [2.75, 3.05) is 13.5 Å². The molecule has 1 heterocycles. The van der Waals surface area contributed by atoms with E-state index in [0.29, 0.717) is 16.0 Å². The van der Waals surface area contributed by atoms with Gasteiger partial charge in [-0.25, -0.2) is 8.78 Å². The van der Waals surface area contributed by atoms with Crippen molar-refractivity contribution in [2.45, 2.75) is 26.4 Å². The second kappa shape index (κ2) is 11.2. The van der Waals surface area contributed by atoms with Crippen LogP contribution in [-0.2, 0) is 23.4 Å². The van der Waals surface area contributed by atoms with Crippen molar-refractivity contribution in [3.05, 3.63) is 75.8 Å². The van der Waals surface area contributed by atoms with Gasteiger partial charge in [-0.3, -0.25) is 18.7 Å². The maximum absolute atomic E-state index is 13.7. The number of amides is 1. The van der Waals surface area contributed by atoms with Crippen molar-refractivity contribution in [3.8, 4) is 0 Å². The zero-order valence-electron chi connectivity index (χ0n) is 20.0. The summed E-state index contributed by atoms with van der Waals surface area (Å²) in [5, 5.41) is 5.26. The normalized spacial score (nSPS) is 14.5. The molecule has 192 valence electrons. The highest BCUT2D eigenvalue weighted by Crippen LogP contribution is 2.59. The number of carbonyl (C=O) groups excluding carboxylic acids is 2. The topological polar surface area (TPSA) is 81.7 Å². The van der Waals surface area contributed by atoms with Gasteiger partial charge in [0.2, 0.25) is 13.3 Å². The summed E-state index contributed by atoms with van der Waals surface area (Å²) in [6, 6.07) is 8.06. The van der Waals surface area contributed by atoms with Gasteiger partial charge in [-0.2, -0.15) is 0 Å². The van der Waals surface area contributed by atoms with E-state index in [2.05, 4.69) is 5.32 Å². The van der Waals surface area contributed by atoms with Gasteiger partial charge in [0.1, 0.15) is 17.3 Å². The maximum Gasteiger partial charge on any atom is 0.313 e. The molecule has 2 unspecified atom stereocenters. The third kappa shape index (κ3) is 7.01. The van der Waals surface area contributed by atoms with E-state index in [9.17, 15) is 22.9 Å². The summed E-state index contributed by atoms with van der Waals surface area (Å²) in [5.41, 5.74) is -1.47. The average Bonchev–Trinajstić information content (AvgIpc) is 3.14. The number of fused-ring (bicyclic) bond motifs is 1. The standard InChI is InChI=1S/C25H25ClF2NO5PS/c1-25(2,3)24(31)33-14-34-35(4,32)22(20-13-36-21-6-5-16(26)11-19(20)21)23(30)29-8-7-15-9-17(27)12-18(28)10-15/h5-13,22H,14H2,1-4H3,(H,29,30)/b8-7+. The summed E-state index contributed by atoms with van der Waals surface area (Å²) in [6.07, 6.45) is 2.50. The summed E-state index contributed by atoms with van der Waals surface area (Å²) in [6.45, 7) is 5.66. The summed E-state index contributed by atoms with van der Waals surface area (Å²) in [5.74, 6) is -2.77. The van der Waals surface area contributed by atoms with Crippen LogP contribution in [0.25, 0.3) is 16.2 Å². The number of hydrogen-bond acceptors (Lipinski definition) is 6. The van der Waals surface area contributed by atoms with Crippen LogP contribution in [0.3, 0.4) is 0 Å². The van der Waals surface area contributed by atoms with Crippen molar-refractivity contribution >= 4 is 58.3 Å². The van der Waals surface area contributed by atoms with Gasteiger partial charge in [0, 0.05) is 28.7 Å². The van der Waals surface area contributed by atoms with Gasteiger partial charge in [0.25, 0.3) is 0 Å². The first-order valence-electron chi connectivity index (χ1n) is 10.8. The molecule has 2 atom stereocenters. The first-order chi connectivity index (χ1) is 16.8. The summed E-state index contributed by atoms with van der Waals surface area (Å²) < 4.78 is 52.0.